The van der Waals surface area contributed by atoms with E-state index in [1.807, 2.05) is 0 Å². The molecule has 1 aromatic carbocycles. The van der Waals surface area contributed by atoms with Gasteiger partial charge in [-0.05, 0) is 24.3 Å². The average Bonchev–Trinajstić information content (AvgIpc) is 1.94. The molecule has 0 saturated carbocycles. The molecule has 0 atom stereocenters. The van der Waals surface area contributed by atoms with Crippen LogP contribution in [0.3, 0.4) is 0 Å². The van der Waals surface area contributed by atoms with E-state index in [1.54, 1.807) is 0 Å². The zero-order chi connectivity index (χ0) is 9.56. The van der Waals surface area contributed by atoms with E-state index >= 15 is 0 Å². The zero-order valence-electron chi connectivity index (χ0n) is 5.84. The van der Waals surface area contributed by atoms with E-state index < -0.39 is 6.68 Å². The van der Waals surface area contributed by atoms with Crippen molar-refractivity contribution in [2.75, 3.05) is 0 Å². The standard InChI is InChI=1S/C6H6O2.CF3/c7-5-1-2-6(8)4-3-5;2-1(3)4/h1-4,7-8H;. The Balaban J connectivity index is 0.000000261. The Morgan fingerprint density at radius 3 is 1.17 bits per heavy atom. The van der Waals surface area contributed by atoms with E-state index in [0.29, 0.717) is 0 Å². The summed E-state index contributed by atoms with van der Waals surface area (Å²) >= 11 is 0. The van der Waals surface area contributed by atoms with Crippen molar-refractivity contribution in [2.45, 2.75) is 0 Å². The Bertz CT molecular complexity index is 187. The van der Waals surface area contributed by atoms with Crippen molar-refractivity contribution in [3.05, 3.63) is 30.9 Å². The van der Waals surface area contributed by atoms with Gasteiger partial charge in [0.25, 0.3) is 0 Å². The first-order chi connectivity index (χ1) is 5.52. The first kappa shape index (κ1) is 10.6. The smallest absolute Gasteiger partial charge is 0.487 e. The molecule has 0 aromatic heterocycles. The van der Waals surface area contributed by atoms with Gasteiger partial charge in [-0.1, -0.05) is 0 Å². The zero-order valence-corrected chi connectivity index (χ0v) is 5.84. The summed E-state index contributed by atoms with van der Waals surface area (Å²) in [5.74, 6) is 0.339. The maximum absolute atomic E-state index is 9.58. The molecule has 67 valence electrons. The molecule has 0 bridgehead atoms. The normalized spacial score (nSPS) is 9.00. The van der Waals surface area contributed by atoms with Crippen molar-refractivity contribution in [3.8, 4) is 11.5 Å². The molecule has 0 aliphatic heterocycles. The monoisotopic (exact) mass is 179 g/mol. The minimum Gasteiger partial charge on any atom is -0.508 e. The molecule has 1 radical (unpaired) electrons. The van der Waals surface area contributed by atoms with Gasteiger partial charge in [0.15, 0.2) is 0 Å². The number of phenols is 2. The van der Waals surface area contributed by atoms with Gasteiger partial charge in [0.1, 0.15) is 11.5 Å². The Morgan fingerprint density at radius 1 is 0.833 bits per heavy atom. The van der Waals surface area contributed by atoms with E-state index in [1.165, 1.54) is 24.3 Å². The summed E-state index contributed by atoms with van der Waals surface area (Å²) < 4.78 is 28.8. The summed E-state index contributed by atoms with van der Waals surface area (Å²) in [6, 6.07) is 5.70. The van der Waals surface area contributed by atoms with Crippen LogP contribution in [0.2, 0.25) is 0 Å². The second-order valence-electron chi connectivity index (χ2n) is 1.73. The molecule has 2 N–H and O–H groups in total. The topological polar surface area (TPSA) is 40.5 Å². The molecule has 0 heterocycles. The molecule has 12 heavy (non-hydrogen) atoms. The van der Waals surface area contributed by atoms with Gasteiger partial charge < -0.3 is 10.2 Å². The highest BCUT2D eigenvalue weighted by Crippen LogP contribution is 2.13. The lowest BCUT2D eigenvalue weighted by Crippen LogP contribution is -1.61. The number of hydrogen-bond donors (Lipinski definition) is 2. The van der Waals surface area contributed by atoms with Crippen LogP contribution in [-0.2, 0) is 0 Å². The van der Waals surface area contributed by atoms with Crippen LogP contribution in [-0.4, -0.2) is 10.2 Å². The van der Waals surface area contributed by atoms with Crippen LogP contribution in [0, 0.1) is 6.68 Å². The van der Waals surface area contributed by atoms with Gasteiger partial charge in [0.2, 0.25) is 0 Å². The van der Waals surface area contributed by atoms with Crippen molar-refractivity contribution in [1.29, 1.82) is 0 Å². The number of aromatic hydroxyl groups is 2. The van der Waals surface area contributed by atoms with Gasteiger partial charge in [-0.25, -0.2) is 0 Å². The van der Waals surface area contributed by atoms with Gasteiger partial charge in [0.05, 0.1) is 0 Å². The third-order valence-electron chi connectivity index (χ3n) is 0.850. The lowest BCUT2D eigenvalue weighted by Gasteiger charge is -1.88. The molecule has 0 aliphatic carbocycles. The highest BCUT2D eigenvalue weighted by atomic mass is 19.4. The van der Waals surface area contributed by atoms with Crippen LogP contribution in [0.15, 0.2) is 24.3 Å². The lowest BCUT2D eigenvalue weighted by molar-refractivity contribution is 0.142. The highest BCUT2D eigenvalue weighted by molar-refractivity contribution is 5.28. The Morgan fingerprint density at radius 2 is 1.00 bits per heavy atom. The second-order valence-corrected chi connectivity index (χ2v) is 1.73. The summed E-state index contributed by atoms with van der Waals surface area (Å²) in [4.78, 5) is 0. The maximum Gasteiger partial charge on any atom is 0.487 e. The minimum atomic E-state index is -3.08. The number of rotatable bonds is 0. The SMILES string of the molecule is F[C](F)F.Oc1ccc(O)cc1. The number of benzene rings is 1. The quantitative estimate of drug-likeness (QED) is 0.600. The largest absolute Gasteiger partial charge is 0.508 e. The summed E-state index contributed by atoms with van der Waals surface area (Å²) in [6.07, 6.45) is 0. The molecule has 0 aliphatic rings. The minimum absolute atomic E-state index is 0.169. The van der Waals surface area contributed by atoms with Crippen LogP contribution in [0.5, 0.6) is 11.5 Å². The van der Waals surface area contributed by atoms with Crippen LogP contribution in [0.25, 0.3) is 0 Å². The molecule has 2 nitrogen and oxygen atoms in total. The van der Waals surface area contributed by atoms with Crippen molar-refractivity contribution in [1.82, 2.24) is 0 Å². The Kier molecular flexibility index (Phi) is 4.67. The van der Waals surface area contributed by atoms with Crippen molar-refractivity contribution >= 4 is 0 Å². The van der Waals surface area contributed by atoms with Crippen LogP contribution >= 0.6 is 0 Å². The van der Waals surface area contributed by atoms with Gasteiger partial charge >= 0.3 is 6.68 Å². The number of halogens is 3. The van der Waals surface area contributed by atoms with Crippen molar-refractivity contribution in [2.24, 2.45) is 0 Å². The van der Waals surface area contributed by atoms with E-state index in [9.17, 15) is 13.2 Å². The predicted octanol–water partition coefficient (Wildman–Crippen LogP) is 2.44. The average molecular weight is 179 g/mol. The van der Waals surface area contributed by atoms with Gasteiger partial charge in [-0.15, -0.1) is 0 Å². The van der Waals surface area contributed by atoms with Gasteiger partial charge in [-0.2, -0.15) is 13.2 Å². The summed E-state index contributed by atoms with van der Waals surface area (Å²) in [7, 11) is 0. The summed E-state index contributed by atoms with van der Waals surface area (Å²) in [6.45, 7) is -3.08. The molecule has 0 unspecified atom stereocenters. The Labute approximate surface area is 66.9 Å². The fourth-order valence-electron chi connectivity index (χ4n) is 0.453. The highest BCUT2D eigenvalue weighted by Gasteiger charge is 1.93. The Hall–Kier alpha value is -1.39. The van der Waals surface area contributed by atoms with Gasteiger partial charge in [0, 0.05) is 0 Å². The van der Waals surface area contributed by atoms with E-state index in [0.717, 1.165) is 0 Å². The van der Waals surface area contributed by atoms with Crippen molar-refractivity contribution in [3.63, 3.8) is 0 Å². The molecular weight excluding hydrogens is 173 g/mol. The van der Waals surface area contributed by atoms with Crippen molar-refractivity contribution < 1.29 is 23.4 Å². The first-order valence-corrected chi connectivity index (χ1v) is 2.84. The van der Waals surface area contributed by atoms with Crippen LogP contribution < -0.4 is 0 Å². The second kappa shape index (κ2) is 5.29. The third-order valence-corrected chi connectivity index (χ3v) is 0.850. The van der Waals surface area contributed by atoms with Crippen LogP contribution in [0.1, 0.15) is 0 Å². The number of hydrogen-bond acceptors (Lipinski definition) is 2. The van der Waals surface area contributed by atoms with E-state index in [2.05, 4.69) is 0 Å². The molecule has 0 fully saturated rings. The van der Waals surface area contributed by atoms with Gasteiger partial charge in [-0.3, -0.25) is 0 Å². The maximum atomic E-state index is 9.58. The molecule has 0 amide bonds. The summed E-state index contributed by atoms with van der Waals surface area (Å²) in [5.41, 5.74) is 0. The number of phenolic OH excluding ortho intramolecular Hbond substituents is 2. The van der Waals surface area contributed by atoms with E-state index in [-0.39, 0.29) is 11.5 Å². The predicted molar refractivity (Wildman–Crippen MR) is 36.3 cm³/mol. The van der Waals surface area contributed by atoms with E-state index in [4.69, 9.17) is 10.2 Å². The molecular formula is C7H6F3O2. The molecule has 0 saturated heterocycles. The fraction of sp³-hybridized carbons (Fsp3) is 0. The van der Waals surface area contributed by atoms with Crippen LogP contribution in [0.4, 0.5) is 13.2 Å². The first-order valence-electron chi connectivity index (χ1n) is 2.84. The fourth-order valence-corrected chi connectivity index (χ4v) is 0.453. The molecule has 5 heteroatoms. The summed E-state index contributed by atoms with van der Waals surface area (Å²) in [5, 5.41) is 17.3. The molecule has 1 rings (SSSR count). The molecule has 1 aromatic rings. The molecule has 0 spiro atoms. The lowest BCUT2D eigenvalue weighted by atomic mass is 10.3. The third kappa shape index (κ3) is 6.73.